The minimum absolute atomic E-state index is 0.136. The van der Waals surface area contributed by atoms with Crippen molar-refractivity contribution in [2.75, 3.05) is 11.9 Å². The highest BCUT2D eigenvalue weighted by atomic mass is 19.1. The Morgan fingerprint density at radius 1 is 1.18 bits per heavy atom. The number of anilines is 1. The number of unbranched alkanes of at least 4 members (excludes halogenated alkanes) is 2. The average Bonchev–Trinajstić information content (AvgIpc) is 2.85. The molecule has 1 aliphatic heterocycles. The summed E-state index contributed by atoms with van der Waals surface area (Å²) < 4.78 is 13.1. The van der Waals surface area contributed by atoms with Crippen molar-refractivity contribution in [3.05, 3.63) is 102 Å². The molecule has 0 fully saturated rings. The molecule has 0 saturated carbocycles. The summed E-state index contributed by atoms with van der Waals surface area (Å²) >= 11 is 0. The van der Waals surface area contributed by atoms with Crippen molar-refractivity contribution in [3.8, 4) is 0 Å². The molecule has 1 amide bonds. The molecule has 0 bridgehead atoms. The van der Waals surface area contributed by atoms with Crippen LogP contribution in [0.3, 0.4) is 0 Å². The second-order valence-corrected chi connectivity index (χ2v) is 8.31. The van der Waals surface area contributed by atoms with E-state index in [2.05, 4.69) is 21.7 Å². The molecule has 2 rings (SSSR count). The number of rotatable bonds is 13. The van der Waals surface area contributed by atoms with E-state index in [1.807, 2.05) is 12.3 Å². The van der Waals surface area contributed by atoms with Crippen LogP contribution in [0.1, 0.15) is 38.5 Å². The number of aliphatic imine (C=N–C) groups is 1. The van der Waals surface area contributed by atoms with Gasteiger partial charge in [-0.3, -0.25) is 19.6 Å². The molecule has 10 heteroatoms. The maximum atomic E-state index is 13.1. The van der Waals surface area contributed by atoms with Gasteiger partial charge in [0.05, 0.1) is 12.2 Å². The van der Waals surface area contributed by atoms with Crippen LogP contribution in [-0.2, 0) is 9.59 Å². The topological polar surface area (TPSA) is 146 Å². The number of halogens is 1. The summed E-state index contributed by atoms with van der Waals surface area (Å²) in [6.45, 7) is 0.543. The van der Waals surface area contributed by atoms with Crippen molar-refractivity contribution >= 4 is 23.8 Å². The molecule has 1 aromatic rings. The molecule has 0 radical (unpaired) electrons. The first-order valence-corrected chi connectivity index (χ1v) is 12.3. The van der Waals surface area contributed by atoms with E-state index in [1.165, 1.54) is 41.4 Å². The van der Waals surface area contributed by atoms with Gasteiger partial charge in [0.2, 0.25) is 5.91 Å². The van der Waals surface area contributed by atoms with Crippen LogP contribution in [-0.4, -0.2) is 34.8 Å². The van der Waals surface area contributed by atoms with E-state index in [0.29, 0.717) is 36.3 Å². The summed E-state index contributed by atoms with van der Waals surface area (Å²) in [7, 11) is 0. The summed E-state index contributed by atoms with van der Waals surface area (Å²) in [4.78, 5) is 27.0. The number of carbonyl (C=O) groups excluding carboxylic acids is 1. The van der Waals surface area contributed by atoms with Crippen LogP contribution in [0.4, 0.5) is 10.1 Å². The zero-order valence-corrected chi connectivity index (χ0v) is 21.2. The number of hydrogen-bond acceptors (Lipinski definition) is 7. The third kappa shape index (κ3) is 12.5. The first kappa shape index (κ1) is 29.8. The highest BCUT2D eigenvalue weighted by Gasteiger charge is 2.06. The van der Waals surface area contributed by atoms with Crippen LogP contribution in [0, 0.1) is 5.82 Å². The third-order valence-electron chi connectivity index (χ3n) is 5.23. The van der Waals surface area contributed by atoms with Crippen LogP contribution in [0.25, 0.3) is 0 Å². The number of nitrogens with one attached hydrogen (secondary N) is 2. The van der Waals surface area contributed by atoms with Crippen LogP contribution in [0.5, 0.6) is 0 Å². The first-order valence-electron chi connectivity index (χ1n) is 12.3. The molecule has 7 N–H and O–H groups in total. The lowest BCUT2D eigenvalue weighted by Gasteiger charge is -2.20. The summed E-state index contributed by atoms with van der Waals surface area (Å²) in [6, 6.07) is 5.46. The molecule has 0 atom stereocenters. The standard InChI is InChI=1S/C28H35FN6O3/c29-23-12-14-24(15-13-23)34-27(36)10-7-8-22(16-19-32-17-5-2-4-11-28(37)38)26(30)21-35(31)25-9-3-1-6-18-33-20-25/h6-10,12-19,21,33H,1-5,11,20,30-31H2,(H,34,36)(H,37,38)/b10-7+,18-6-,19-16+,22-8+,25-9+,26-21-,32-17+. The average molecular weight is 523 g/mol. The molecule has 0 saturated heterocycles. The minimum atomic E-state index is -0.811. The van der Waals surface area contributed by atoms with E-state index < -0.39 is 11.9 Å². The summed E-state index contributed by atoms with van der Waals surface area (Å²) in [5, 5.41) is 16.0. The predicted molar refractivity (Wildman–Crippen MR) is 149 cm³/mol. The van der Waals surface area contributed by atoms with Gasteiger partial charge in [0.1, 0.15) is 5.82 Å². The molecule has 1 aliphatic rings. The van der Waals surface area contributed by atoms with E-state index in [1.54, 1.807) is 30.8 Å². The number of aliphatic carboxylic acids is 1. The van der Waals surface area contributed by atoms with Crippen molar-refractivity contribution in [3.63, 3.8) is 0 Å². The molecule has 0 spiro atoms. The molecule has 0 aliphatic carbocycles. The van der Waals surface area contributed by atoms with E-state index in [0.717, 1.165) is 25.0 Å². The molecule has 38 heavy (non-hydrogen) atoms. The number of nitrogens with two attached hydrogens (primary N) is 2. The Bertz CT molecular complexity index is 1130. The van der Waals surface area contributed by atoms with Gasteiger partial charge in [-0.25, -0.2) is 10.2 Å². The van der Waals surface area contributed by atoms with Gasteiger partial charge in [-0.05, 0) is 68.6 Å². The molecule has 9 nitrogen and oxygen atoms in total. The Balaban J connectivity index is 2.11. The number of hydrogen-bond donors (Lipinski definition) is 5. The first-order chi connectivity index (χ1) is 18.3. The monoisotopic (exact) mass is 522 g/mol. The quantitative estimate of drug-likeness (QED) is 0.0650. The van der Waals surface area contributed by atoms with Crippen LogP contribution < -0.4 is 22.2 Å². The maximum Gasteiger partial charge on any atom is 0.303 e. The number of carboxylic acids is 1. The van der Waals surface area contributed by atoms with Crippen LogP contribution in [0.2, 0.25) is 0 Å². The van der Waals surface area contributed by atoms with Gasteiger partial charge in [-0.2, -0.15) is 0 Å². The Morgan fingerprint density at radius 3 is 2.74 bits per heavy atom. The molecule has 0 aromatic heterocycles. The lowest BCUT2D eigenvalue weighted by atomic mass is 10.1. The number of allylic oxidation sites excluding steroid dienone is 5. The van der Waals surface area contributed by atoms with E-state index >= 15 is 0 Å². The summed E-state index contributed by atoms with van der Waals surface area (Å²) in [5.74, 6) is 4.65. The predicted octanol–water partition coefficient (Wildman–Crippen LogP) is 4.23. The SMILES string of the molecule is NC(=C\N(N)/C1=C/CC/C=C\NC1)/C(/C=C/N=C/CCCCC(=O)O)=C/C=C/C(=O)Nc1ccc(F)cc1. The second kappa shape index (κ2) is 17.1. The zero-order valence-electron chi connectivity index (χ0n) is 21.2. The fourth-order valence-corrected chi connectivity index (χ4v) is 3.23. The number of carbonyl (C=O) groups is 2. The number of carboxylic acid groups (broad SMARTS) is 1. The van der Waals surface area contributed by atoms with Crippen LogP contribution >= 0.6 is 0 Å². The zero-order chi connectivity index (χ0) is 27.6. The van der Waals surface area contributed by atoms with Crippen molar-refractivity contribution in [1.29, 1.82) is 0 Å². The van der Waals surface area contributed by atoms with Crippen molar-refractivity contribution in [2.45, 2.75) is 38.5 Å². The minimum Gasteiger partial charge on any atom is -0.481 e. The van der Waals surface area contributed by atoms with Gasteiger partial charge in [0.25, 0.3) is 0 Å². The number of amides is 1. The smallest absolute Gasteiger partial charge is 0.303 e. The van der Waals surface area contributed by atoms with Gasteiger partial charge in [0.15, 0.2) is 0 Å². The lowest BCUT2D eigenvalue weighted by Crippen LogP contribution is -2.31. The van der Waals surface area contributed by atoms with Crippen molar-refractivity contribution in [1.82, 2.24) is 10.3 Å². The van der Waals surface area contributed by atoms with Gasteiger partial charge >= 0.3 is 5.97 Å². The molecule has 1 heterocycles. The maximum absolute atomic E-state index is 13.1. The molecule has 1 aromatic carbocycles. The van der Waals surface area contributed by atoms with Crippen molar-refractivity contribution in [2.24, 2.45) is 16.6 Å². The molecular weight excluding hydrogens is 487 g/mol. The van der Waals surface area contributed by atoms with E-state index in [4.69, 9.17) is 16.7 Å². The molecule has 0 unspecified atom stereocenters. The fraction of sp³-hybridized carbons (Fsp3) is 0.250. The highest BCUT2D eigenvalue weighted by molar-refractivity contribution is 5.99. The Morgan fingerprint density at radius 2 is 1.97 bits per heavy atom. The number of hydrazine groups is 1. The van der Waals surface area contributed by atoms with E-state index in [-0.39, 0.29) is 12.2 Å². The number of nitrogens with zero attached hydrogens (tertiary/aromatic N) is 2. The Hall–Kier alpha value is -4.44. The lowest BCUT2D eigenvalue weighted by molar-refractivity contribution is -0.137. The van der Waals surface area contributed by atoms with Gasteiger partial charge in [-0.15, -0.1) is 0 Å². The van der Waals surface area contributed by atoms with Gasteiger partial charge < -0.3 is 21.5 Å². The van der Waals surface area contributed by atoms with Crippen LogP contribution in [0.15, 0.2) is 101 Å². The van der Waals surface area contributed by atoms with Gasteiger partial charge in [0, 0.05) is 48.1 Å². The van der Waals surface area contributed by atoms with Crippen molar-refractivity contribution < 1.29 is 19.1 Å². The largest absolute Gasteiger partial charge is 0.481 e. The van der Waals surface area contributed by atoms with Gasteiger partial charge in [-0.1, -0.05) is 24.3 Å². The molecule has 202 valence electrons. The Labute approximate surface area is 222 Å². The molecular formula is C28H35FN6O3. The highest BCUT2D eigenvalue weighted by Crippen LogP contribution is 2.12. The normalized spacial score (nSPS) is 17.1. The summed E-state index contributed by atoms with van der Waals surface area (Å²) in [5.41, 5.74) is 8.58. The number of benzene rings is 1. The summed E-state index contributed by atoms with van der Waals surface area (Å²) in [6.07, 6.45) is 20.9. The Kier molecular flexibility index (Phi) is 13.4. The fourth-order valence-electron chi connectivity index (χ4n) is 3.23. The third-order valence-corrected chi connectivity index (χ3v) is 5.23. The van der Waals surface area contributed by atoms with E-state index in [9.17, 15) is 14.0 Å². The second-order valence-electron chi connectivity index (χ2n) is 8.31.